The standard InChI is InChI=1S/C12H7NO3/c13-6-7-1-2-8-5-11(14)10(12(15)16)4-9(8)3-7/h1-5,14H,(H,15,16). The fraction of sp³-hybridized carbons (Fsp3) is 0. The highest BCUT2D eigenvalue weighted by Gasteiger charge is 2.10. The molecular weight excluding hydrogens is 206 g/mol. The van der Waals surface area contributed by atoms with Gasteiger partial charge in [-0.05, 0) is 35.0 Å². The summed E-state index contributed by atoms with van der Waals surface area (Å²) in [7, 11) is 0. The van der Waals surface area contributed by atoms with Gasteiger partial charge in [-0.15, -0.1) is 0 Å². The first-order chi connectivity index (χ1) is 7.61. The highest BCUT2D eigenvalue weighted by molar-refractivity contribution is 5.97. The van der Waals surface area contributed by atoms with Crippen LogP contribution in [0.1, 0.15) is 15.9 Å². The van der Waals surface area contributed by atoms with Gasteiger partial charge in [0.25, 0.3) is 0 Å². The van der Waals surface area contributed by atoms with Crippen molar-refractivity contribution in [3.63, 3.8) is 0 Å². The van der Waals surface area contributed by atoms with E-state index in [0.717, 1.165) is 0 Å². The number of hydrogen-bond acceptors (Lipinski definition) is 3. The summed E-state index contributed by atoms with van der Waals surface area (Å²) < 4.78 is 0. The number of fused-ring (bicyclic) bond motifs is 1. The number of benzene rings is 2. The van der Waals surface area contributed by atoms with E-state index in [2.05, 4.69) is 0 Å². The Kier molecular flexibility index (Phi) is 2.22. The molecule has 0 radical (unpaired) electrons. The van der Waals surface area contributed by atoms with Crippen LogP contribution >= 0.6 is 0 Å². The van der Waals surface area contributed by atoms with E-state index in [0.29, 0.717) is 16.3 Å². The number of rotatable bonds is 1. The summed E-state index contributed by atoms with van der Waals surface area (Å²) in [5, 5.41) is 28.3. The van der Waals surface area contributed by atoms with Crippen LogP contribution in [-0.2, 0) is 0 Å². The van der Waals surface area contributed by atoms with Gasteiger partial charge >= 0.3 is 5.97 Å². The number of nitrogens with zero attached hydrogens (tertiary/aromatic N) is 1. The molecule has 4 nitrogen and oxygen atoms in total. The summed E-state index contributed by atoms with van der Waals surface area (Å²) in [4.78, 5) is 10.8. The average Bonchev–Trinajstić information content (AvgIpc) is 2.27. The zero-order valence-corrected chi connectivity index (χ0v) is 8.14. The van der Waals surface area contributed by atoms with E-state index >= 15 is 0 Å². The predicted molar refractivity (Wildman–Crippen MR) is 57.3 cm³/mol. The second-order valence-electron chi connectivity index (χ2n) is 3.35. The summed E-state index contributed by atoms with van der Waals surface area (Å²) >= 11 is 0. The van der Waals surface area contributed by atoms with Crippen molar-refractivity contribution in [1.82, 2.24) is 0 Å². The molecule has 0 spiro atoms. The summed E-state index contributed by atoms with van der Waals surface area (Å²) in [6.45, 7) is 0. The van der Waals surface area contributed by atoms with Crippen molar-refractivity contribution in [3.05, 3.63) is 41.5 Å². The lowest BCUT2D eigenvalue weighted by molar-refractivity contribution is 0.0694. The molecule has 0 aliphatic carbocycles. The van der Waals surface area contributed by atoms with Crippen molar-refractivity contribution in [2.45, 2.75) is 0 Å². The molecule has 16 heavy (non-hydrogen) atoms. The molecule has 0 aliphatic rings. The molecule has 2 aromatic rings. The van der Waals surface area contributed by atoms with Gasteiger partial charge in [-0.1, -0.05) is 6.07 Å². The minimum absolute atomic E-state index is 0.164. The number of nitriles is 1. The fourth-order valence-electron chi connectivity index (χ4n) is 1.53. The zero-order chi connectivity index (χ0) is 11.7. The van der Waals surface area contributed by atoms with Crippen LogP contribution in [0.5, 0.6) is 5.75 Å². The van der Waals surface area contributed by atoms with Gasteiger partial charge in [-0.3, -0.25) is 0 Å². The van der Waals surface area contributed by atoms with E-state index in [9.17, 15) is 9.90 Å². The molecule has 2 N–H and O–H groups in total. The molecule has 0 unspecified atom stereocenters. The van der Waals surface area contributed by atoms with Crippen LogP contribution in [0.15, 0.2) is 30.3 Å². The Morgan fingerprint density at radius 1 is 1.19 bits per heavy atom. The van der Waals surface area contributed by atoms with Gasteiger partial charge in [-0.25, -0.2) is 4.79 Å². The van der Waals surface area contributed by atoms with Gasteiger partial charge in [0.15, 0.2) is 0 Å². The maximum Gasteiger partial charge on any atom is 0.339 e. The van der Waals surface area contributed by atoms with Crippen LogP contribution < -0.4 is 0 Å². The molecular formula is C12H7NO3. The quantitative estimate of drug-likeness (QED) is 0.760. The monoisotopic (exact) mass is 213 g/mol. The lowest BCUT2D eigenvalue weighted by Gasteiger charge is -2.03. The van der Waals surface area contributed by atoms with Crippen molar-refractivity contribution >= 4 is 16.7 Å². The molecule has 0 atom stereocenters. The second-order valence-corrected chi connectivity index (χ2v) is 3.35. The number of carbonyl (C=O) groups is 1. The van der Waals surface area contributed by atoms with E-state index in [-0.39, 0.29) is 11.3 Å². The van der Waals surface area contributed by atoms with Crippen molar-refractivity contribution in [2.24, 2.45) is 0 Å². The first kappa shape index (κ1) is 9.99. The Bertz CT molecular complexity index is 626. The summed E-state index contributed by atoms with van der Waals surface area (Å²) in [5.74, 6) is -1.47. The smallest absolute Gasteiger partial charge is 0.339 e. The van der Waals surface area contributed by atoms with Crippen LogP contribution in [0, 0.1) is 11.3 Å². The second kappa shape index (κ2) is 3.55. The third-order valence-electron chi connectivity index (χ3n) is 2.31. The van der Waals surface area contributed by atoms with Gasteiger partial charge in [0.05, 0.1) is 11.6 Å². The Morgan fingerprint density at radius 3 is 2.56 bits per heavy atom. The molecule has 0 aliphatic heterocycles. The molecule has 4 heteroatoms. The molecule has 78 valence electrons. The average molecular weight is 213 g/mol. The first-order valence-electron chi connectivity index (χ1n) is 4.52. The van der Waals surface area contributed by atoms with Crippen molar-refractivity contribution in [3.8, 4) is 11.8 Å². The van der Waals surface area contributed by atoms with Gasteiger partial charge in [-0.2, -0.15) is 5.26 Å². The lowest BCUT2D eigenvalue weighted by Crippen LogP contribution is -1.96. The first-order valence-corrected chi connectivity index (χ1v) is 4.52. The minimum atomic E-state index is -1.19. The minimum Gasteiger partial charge on any atom is -0.507 e. The molecule has 0 bridgehead atoms. The number of carboxylic acid groups (broad SMARTS) is 1. The third-order valence-corrected chi connectivity index (χ3v) is 2.31. The van der Waals surface area contributed by atoms with Gasteiger partial charge in [0.2, 0.25) is 0 Å². The highest BCUT2D eigenvalue weighted by atomic mass is 16.4. The Hall–Kier alpha value is -2.54. The number of aromatic hydroxyl groups is 1. The third kappa shape index (κ3) is 1.55. The molecule has 2 rings (SSSR count). The molecule has 2 aromatic carbocycles. The Balaban J connectivity index is 2.76. The molecule has 0 fully saturated rings. The van der Waals surface area contributed by atoms with E-state index in [1.165, 1.54) is 12.1 Å². The Labute approximate surface area is 91.0 Å². The van der Waals surface area contributed by atoms with E-state index < -0.39 is 5.97 Å². The maximum atomic E-state index is 10.8. The topological polar surface area (TPSA) is 81.3 Å². The predicted octanol–water partition coefficient (Wildman–Crippen LogP) is 2.12. The van der Waals surface area contributed by atoms with E-state index in [1.807, 2.05) is 6.07 Å². The van der Waals surface area contributed by atoms with Crippen molar-refractivity contribution in [2.75, 3.05) is 0 Å². The van der Waals surface area contributed by atoms with Crippen LogP contribution in [0.3, 0.4) is 0 Å². The largest absolute Gasteiger partial charge is 0.507 e. The number of phenols is 1. The van der Waals surface area contributed by atoms with Crippen LogP contribution in [-0.4, -0.2) is 16.2 Å². The molecule has 0 saturated heterocycles. The summed E-state index contributed by atoms with van der Waals surface area (Å²) in [5.41, 5.74) is 0.289. The lowest BCUT2D eigenvalue weighted by atomic mass is 10.0. The van der Waals surface area contributed by atoms with Crippen molar-refractivity contribution in [1.29, 1.82) is 5.26 Å². The van der Waals surface area contributed by atoms with E-state index in [1.54, 1.807) is 18.2 Å². The number of hydrogen-bond donors (Lipinski definition) is 2. The molecule has 0 heterocycles. The molecule has 0 aromatic heterocycles. The SMILES string of the molecule is N#Cc1ccc2cc(O)c(C(=O)O)cc2c1. The van der Waals surface area contributed by atoms with Gasteiger partial charge in [0, 0.05) is 0 Å². The maximum absolute atomic E-state index is 10.8. The zero-order valence-electron chi connectivity index (χ0n) is 8.14. The van der Waals surface area contributed by atoms with Gasteiger partial charge in [0.1, 0.15) is 11.3 Å². The van der Waals surface area contributed by atoms with Crippen LogP contribution in [0.4, 0.5) is 0 Å². The normalized spacial score (nSPS) is 9.94. The summed E-state index contributed by atoms with van der Waals surface area (Å²) in [6.07, 6.45) is 0. The Morgan fingerprint density at radius 2 is 1.94 bits per heavy atom. The summed E-state index contributed by atoms with van der Waals surface area (Å²) in [6, 6.07) is 9.57. The molecule has 0 saturated carbocycles. The number of carboxylic acids is 1. The van der Waals surface area contributed by atoms with Crippen LogP contribution in [0.25, 0.3) is 10.8 Å². The fourth-order valence-corrected chi connectivity index (χ4v) is 1.53. The highest BCUT2D eigenvalue weighted by Crippen LogP contribution is 2.25. The number of aromatic carboxylic acids is 1. The van der Waals surface area contributed by atoms with E-state index in [4.69, 9.17) is 10.4 Å². The van der Waals surface area contributed by atoms with Crippen molar-refractivity contribution < 1.29 is 15.0 Å². The molecule has 0 amide bonds. The van der Waals surface area contributed by atoms with Crippen LogP contribution in [0.2, 0.25) is 0 Å². The van der Waals surface area contributed by atoms with Gasteiger partial charge < -0.3 is 10.2 Å².